The quantitative estimate of drug-likeness (QED) is 0.694. The fourth-order valence-corrected chi connectivity index (χ4v) is 2.66. The molecule has 0 fully saturated rings. The molecule has 1 N–H and O–H groups in total. The SMILES string of the molecule is Cc1ccccc1-c1nnc(SCC(=O)Nc2cc(F)ccc2F)o1. The average Bonchev–Trinajstić information content (AvgIpc) is 3.05. The second kappa shape index (κ2) is 7.43. The lowest BCUT2D eigenvalue weighted by atomic mass is 10.1. The second-order valence-electron chi connectivity index (χ2n) is 5.15. The molecule has 0 atom stereocenters. The summed E-state index contributed by atoms with van der Waals surface area (Å²) in [5.41, 5.74) is 1.59. The molecule has 3 rings (SSSR count). The monoisotopic (exact) mass is 361 g/mol. The number of carbonyl (C=O) groups excluding carboxylic acids is 1. The highest BCUT2D eigenvalue weighted by molar-refractivity contribution is 7.99. The van der Waals surface area contributed by atoms with Gasteiger partial charge in [0.2, 0.25) is 11.8 Å². The van der Waals surface area contributed by atoms with Gasteiger partial charge >= 0.3 is 0 Å². The minimum absolute atomic E-state index is 0.0780. The van der Waals surface area contributed by atoms with Crippen LogP contribution in [0.3, 0.4) is 0 Å². The number of hydrogen-bond donors (Lipinski definition) is 1. The van der Waals surface area contributed by atoms with Crippen LogP contribution in [0, 0.1) is 18.6 Å². The molecule has 25 heavy (non-hydrogen) atoms. The predicted molar refractivity (Wildman–Crippen MR) is 90.2 cm³/mol. The maximum Gasteiger partial charge on any atom is 0.277 e. The van der Waals surface area contributed by atoms with Crippen LogP contribution in [0.25, 0.3) is 11.5 Å². The van der Waals surface area contributed by atoms with E-state index in [0.717, 1.165) is 41.1 Å². The largest absolute Gasteiger partial charge is 0.411 e. The zero-order valence-corrected chi connectivity index (χ0v) is 13.9. The fraction of sp³-hybridized carbons (Fsp3) is 0.118. The molecule has 0 radical (unpaired) electrons. The number of carbonyl (C=O) groups is 1. The summed E-state index contributed by atoms with van der Waals surface area (Å²) in [4.78, 5) is 11.9. The smallest absolute Gasteiger partial charge is 0.277 e. The summed E-state index contributed by atoms with van der Waals surface area (Å²) in [5.74, 6) is -1.57. The Morgan fingerprint density at radius 3 is 2.80 bits per heavy atom. The molecule has 0 aliphatic heterocycles. The van der Waals surface area contributed by atoms with Gasteiger partial charge in [0.05, 0.1) is 11.4 Å². The van der Waals surface area contributed by atoms with E-state index in [1.165, 1.54) is 0 Å². The Bertz CT molecular complexity index is 914. The molecule has 0 spiro atoms. The van der Waals surface area contributed by atoms with E-state index in [0.29, 0.717) is 5.89 Å². The minimum Gasteiger partial charge on any atom is -0.411 e. The molecule has 0 bridgehead atoms. The number of aromatic nitrogens is 2. The van der Waals surface area contributed by atoms with Gasteiger partial charge in [0.1, 0.15) is 11.6 Å². The minimum atomic E-state index is -0.709. The zero-order chi connectivity index (χ0) is 17.8. The summed E-state index contributed by atoms with van der Waals surface area (Å²) < 4.78 is 32.1. The number of amides is 1. The highest BCUT2D eigenvalue weighted by Crippen LogP contribution is 2.25. The lowest BCUT2D eigenvalue weighted by Gasteiger charge is -2.05. The Labute approximate surface area is 146 Å². The molecule has 1 amide bonds. The summed E-state index contributed by atoms with van der Waals surface area (Å²) in [5, 5.41) is 10.4. The number of nitrogens with zero attached hydrogens (tertiary/aromatic N) is 2. The lowest BCUT2D eigenvalue weighted by molar-refractivity contribution is -0.113. The Morgan fingerprint density at radius 2 is 2.00 bits per heavy atom. The van der Waals surface area contributed by atoms with Crippen molar-refractivity contribution in [2.75, 3.05) is 11.1 Å². The topological polar surface area (TPSA) is 68.0 Å². The van der Waals surface area contributed by atoms with Crippen molar-refractivity contribution in [3.8, 4) is 11.5 Å². The number of thioether (sulfide) groups is 1. The maximum absolute atomic E-state index is 13.5. The highest BCUT2D eigenvalue weighted by atomic mass is 32.2. The number of hydrogen-bond acceptors (Lipinski definition) is 5. The van der Waals surface area contributed by atoms with Gasteiger partial charge in [0, 0.05) is 11.6 Å². The number of halogens is 2. The van der Waals surface area contributed by atoms with Gasteiger partial charge in [-0.15, -0.1) is 10.2 Å². The molecule has 2 aromatic carbocycles. The second-order valence-corrected chi connectivity index (χ2v) is 6.08. The molecule has 128 valence electrons. The van der Waals surface area contributed by atoms with E-state index in [-0.39, 0.29) is 16.7 Å². The van der Waals surface area contributed by atoms with Crippen molar-refractivity contribution in [3.63, 3.8) is 0 Å². The standard InChI is InChI=1S/C17H13F2N3O2S/c1-10-4-2-3-5-12(10)16-21-22-17(24-16)25-9-15(23)20-14-8-11(18)6-7-13(14)19/h2-8H,9H2,1H3,(H,20,23). The van der Waals surface area contributed by atoms with Crippen molar-refractivity contribution < 1.29 is 18.0 Å². The molecule has 0 saturated carbocycles. The molecule has 0 saturated heterocycles. The van der Waals surface area contributed by atoms with E-state index < -0.39 is 17.5 Å². The van der Waals surface area contributed by atoms with E-state index >= 15 is 0 Å². The van der Waals surface area contributed by atoms with Crippen LogP contribution in [-0.4, -0.2) is 21.9 Å². The van der Waals surface area contributed by atoms with Crippen LogP contribution in [0.4, 0.5) is 14.5 Å². The summed E-state index contributed by atoms with van der Waals surface area (Å²) in [7, 11) is 0. The van der Waals surface area contributed by atoms with Crippen molar-refractivity contribution >= 4 is 23.4 Å². The molecule has 1 heterocycles. The van der Waals surface area contributed by atoms with Gasteiger partial charge in [-0.25, -0.2) is 8.78 Å². The van der Waals surface area contributed by atoms with Crippen LogP contribution >= 0.6 is 11.8 Å². The van der Waals surface area contributed by atoms with Crippen molar-refractivity contribution in [2.24, 2.45) is 0 Å². The predicted octanol–water partition coefficient (Wildman–Crippen LogP) is 4.05. The van der Waals surface area contributed by atoms with Crippen molar-refractivity contribution in [3.05, 3.63) is 59.7 Å². The molecule has 0 aliphatic rings. The number of aryl methyl sites for hydroxylation is 1. The number of rotatable bonds is 5. The van der Waals surface area contributed by atoms with E-state index in [2.05, 4.69) is 15.5 Å². The van der Waals surface area contributed by atoms with Crippen molar-refractivity contribution in [2.45, 2.75) is 12.1 Å². The summed E-state index contributed by atoms with van der Waals surface area (Å²) in [6.45, 7) is 1.92. The molecule has 0 unspecified atom stereocenters. The number of benzene rings is 2. The molecular weight excluding hydrogens is 348 g/mol. The van der Waals surface area contributed by atoms with Gasteiger partial charge in [-0.2, -0.15) is 0 Å². The number of nitrogens with one attached hydrogen (secondary N) is 1. The van der Waals surface area contributed by atoms with Crippen LogP contribution in [0.2, 0.25) is 0 Å². The van der Waals surface area contributed by atoms with Crippen LogP contribution in [0.5, 0.6) is 0 Å². The van der Waals surface area contributed by atoms with Gasteiger partial charge in [-0.3, -0.25) is 4.79 Å². The normalized spacial score (nSPS) is 10.7. The first-order valence-electron chi connectivity index (χ1n) is 7.30. The van der Waals surface area contributed by atoms with Gasteiger partial charge in [0.25, 0.3) is 5.22 Å². The summed E-state index contributed by atoms with van der Waals surface area (Å²) >= 11 is 1.01. The Kier molecular flexibility index (Phi) is 5.08. The van der Waals surface area contributed by atoms with Crippen molar-refractivity contribution in [1.82, 2.24) is 10.2 Å². The molecule has 5 nitrogen and oxygen atoms in total. The van der Waals surface area contributed by atoms with Crippen LogP contribution in [-0.2, 0) is 4.79 Å². The molecule has 0 aliphatic carbocycles. The van der Waals surface area contributed by atoms with Gasteiger partial charge in [-0.1, -0.05) is 30.0 Å². The maximum atomic E-state index is 13.5. The fourth-order valence-electron chi connectivity index (χ4n) is 2.10. The Hall–Kier alpha value is -2.74. The molecule has 3 aromatic rings. The van der Waals surface area contributed by atoms with E-state index in [1.807, 2.05) is 31.2 Å². The number of anilines is 1. The van der Waals surface area contributed by atoms with E-state index in [1.54, 1.807) is 0 Å². The Balaban J connectivity index is 1.61. The third kappa shape index (κ3) is 4.21. The molecule has 1 aromatic heterocycles. The zero-order valence-electron chi connectivity index (χ0n) is 13.1. The average molecular weight is 361 g/mol. The Morgan fingerprint density at radius 1 is 1.20 bits per heavy atom. The summed E-state index contributed by atoms with van der Waals surface area (Å²) in [6.07, 6.45) is 0. The van der Waals surface area contributed by atoms with Crippen molar-refractivity contribution in [1.29, 1.82) is 0 Å². The van der Waals surface area contributed by atoms with E-state index in [9.17, 15) is 13.6 Å². The third-order valence-electron chi connectivity index (χ3n) is 3.31. The van der Waals surface area contributed by atoms with Gasteiger partial charge in [-0.05, 0) is 30.7 Å². The third-order valence-corrected chi connectivity index (χ3v) is 4.13. The molecular formula is C17H13F2N3O2S. The first-order valence-corrected chi connectivity index (χ1v) is 8.28. The first-order chi connectivity index (χ1) is 12.0. The van der Waals surface area contributed by atoms with Gasteiger partial charge in [0.15, 0.2) is 0 Å². The van der Waals surface area contributed by atoms with Gasteiger partial charge < -0.3 is 9.73 Å². The summed E-state index contributed by atoms with van der Waals surface area (Å²) in [6, 6.07) is 10.4. The van der Waals surface area contributed by atoms with Crippen LogP contribution in [0.15, 0.2) is 52.1 Å². The highest BCUT2D eigenvalue weighted by Gasteiger charge is 2.13. The van der Waals surface area contributed by atoms with Crippen LogP contribution in [0.1, 0.15) is 5.56 Å². The molecule has 8 heteroatoms. The lowest BCUT2D eigenvalue weighted by Crippen LogP contribution is -2.15. The van der Waals surface area contributed by atoms with E-state index in [4.69, 9.17) is 4.42 Å². The van der Waals surface area contributed by atoms with Crippen LogP contribution < -0.4 is 5.32 Å². The first kappa shape index (κ1) is 17.1.